The Hall–Kier alpha value is -1.93. The zero-order valence-electron chi connectivity index (χ0n) is 18.7. The van der Waals surface area contributed by atoms with Gasteiger partial charge in [-0.05, 0) is 69.7 Å². The molecule has 1 aliphatic heterocycles. The number of hydrogen-bond donors (Lipinski definition) is 1. The number of benzene rings is 1. The molecule has 7 nitrogen and oxygen atoms in total. The Labute approximate surface area is 185 Å². The number of piperidine rings is 1. The fraction of sp³-hybridized carbons (Fsp3) is 0.652. The molecular weight excluding hydrogens is 416 g/mol. The van der Waals surface area contributed by atoms with Gasteiger partial charge < -0.3 is 10.1 Å². The standard InChI is InChI=1S/C23H34N2O5S/c1-16-9-10-21(15-17(16)2)31(28,29)25-13-11-19(12-14-25)23(27)30-18(3)22(26)24-20-7-5-4-6-8-20/h9-10,15,18-20H,4-8,11-14H2,1-3H3,(H,24,26)/t18-/m0/s1. The average molecular weight is 451 g/mol. The summed E-state index contributed by atoms with van der Waals surface area (Å²) in [6.07, 6.45) is 5.31. The van der Waals surface area contributed by atoms with Gasteiger partial charge >= 0.3 is 5.97 Å². The van der Waals surface area contributed by atoms with Crippen molar-refractivity contribution in [2.75, 3.05) is 13.1 Å². The largest absolute Gasteiger partial charge is 0.452 e. The number of nitrogens with zero attached hydrogens (tertiary/aromatic N) is 1. The SMILES string of the molecule is Cc1ccc(S(=O)(=O)N2CCC(C(=O)O[C@@H](C)C(=O)NC3CCCCC3)CC2)cc1C. The molecule has 2 aliphatic rings. The van der Waals surface area contributed by atoms with Crippen molar-refractivity contribution in [2.24, 2.45) is 5.92 Å². The van der Waals surface area contributed by atoms with Gasteiger partial charge in [-0.3, -0.25) is 9.59 Å². The van der Waals surface area contributed by atoms with Gasteiger partial charge in [0.05, 0.1) is 10.8 Å². The van der Waals surface area contributed by atoms with Gasteiger partial charge in [0.25, 0.3) is 5.91 Å². The molecule has 0 unspecified atom stereocenters. The number of aryl methyl sites for hydroxylation is 2. The maximum atomic E-state index is 12.9. The smallest absolute Gasteiger partial charge is 0.309 e. The number of carbonyl (C=O) groups is 2. The molecule has 1 aromatic rings. The summed E-state index contributed by atoms with van der Waals surface area (Å²) >= 11 is 0. The molecule has 0 spiro atoms. The van der Waals surface area contributed by atoms with E-state index in [4.69, 9.17) is 4.74 Å². The van der Waals surface area contributed by atoms with Crippen molar-refractivity contribution in [3.8, 4) is 0 Å². The average Bonchev–Trinajstić information content (AvgIpc) is 2.76. The predicted octanol–water partition coefficient (Wildman–Crippen LogP) is 3.08. The summed E-state index contributed by atoms with van der Waals surface area (Å²) < 4.78 is 32.7. The van der Waals surface area contributed by atoms with Gasteiger partial charge in [-0.1, -0.05) is 25.3 Å². The maximum absolute atomic E-state index is 12.9. The summed E-state index contributed by atoms with van der Waals surface area (Å²) in [6, 6.07) is 5.30. The normalized spacial score (nSPS) is 20.2. The minimum atomic E-state index is -3.59. The van der Waals surface area contributed by atoms with E-state index in [0.29, 0.717) is 12.8 Å². The van der Waals surface area contributed by atoms with E-state index in [1.807, 2.05) is 19.9 Å². The van der Waals surface area contributed by atoms with Crippen LogP contribution in [0.15, 0.2) is 23.1 Å². The summed E-state index contributed by atoms with van der Waals surface area (Å²) in [4.78, 5) is 25.2. The fourth-order valence-corrected chi connectivity index (χ4v) is 5.80. The molecule has 3 rings (SSSR count). The van der Waals surface area contributed by atoms with Crippen LogP contribution in [0.1, 0.15) is 63.0 Å². The first kappa shape index (κ1) is 23.7. The Morgan fingerprint density at radius 3 is 2.29 bits per heavy atom. The van der Waals surface area contributed by atoms with Crippen LogP contribution in [0, 0.1) is 19.8 Å². The van der Waals surface area contributed by atoms with Gasteiger partial charge in [0.2, 0.25) is 10.0 Å². The summed E-state index contributed by atoms with van der Waals surface area (Å²) in [7, 11) is -3.59. The van der Waals surface area contributed by atoms with Crippen molar-refractivity contribution < 1.29 is 22.7 Å². The van der Waals surface area contributed by atoms with Crippen LogP contribution in [0.25, 0.3) is 0 Å². The van der Waals surface area contributed by atoms with Gasteiger partial charge in [-0.15, -0.1) is 0 Å². The number of hydrogen-bond acceptors (Lipinski definition) is 5. The van der Waals surface area contributed by atoms with Crippen LogP contribution in [0.3, 0.4) is 0 Å². The lowest BCUT2D eigenvalue weighted by atomic mass is 9.95. The lowest BCUT2D eigenvalue weighted by Crippen LogP contribution is -2.44. The second-order valence-corrected chi connectivity index (χ2v) is 10.8. The van der Waals surface area contributed by atoms with Crippen molar-refractivity contribution in [2.45, 2.75) is 82.8 Å². The van der Waals surface area contributed by atoms with Crippen LogP contribution in [-0.4, -0.2) is 49.8 Å². The third-order valence-corrected chi connectivity index (χ3v) is 8.41. The number of nitrogens with one attached hydrogen (secondary N) is 1. The molecule has 1 amide bonds. The molecule has 8 heteroatoms. The number of sulfonamides is 1. The highest BCUT2D eigenvalue weighted by molar-refractivity contribution is 7.89. The first-order valence-corrected chi connectivity index (χ1v) is 12.7. The Bertz CT molecular complexity index is 901. The summed E-state index contributed by atoms with van der Waals surface area (Å²) in [5.41, 5.74) is 1.97. The van der Waals surface area contributed by atoms with Crippen LogP contribution < -0.4 is 5.32 Å². The molecule has 0 aromatic heterocycles. The van der Waals surface area contributed by atoms with Crippen molar-refractivity contribution in [1.82, 2.24) is 9.62 Å². The molecule has 1 aromatic carbocycles. The Kier molecular flexibility index (Phi) is 7.75. The number of esters is 1. The Morgan fingerprint density at radius 2 is 1.68 bits per heavy atom. The van der Waals surface area contributed by atoms with Crippen molar-refractivity contribution in [3.05, 3.63) is 29.3 Å². The van der Waals surface area contributed by atoms with Crippen LogP contribution >= 0.6 is 0 Å². The number of amides is 1. The number of carbonyl (C=O) groups excluding carboxylic acids is 2. The first-order valence-electron chi connectivity index (χ1n) is 11.3. The van der Waals surface area contributed by atoms with Gasteiger partial charge in [0.15, 0.2) is 6.10 Å². The molecule has 0 bridgehead atoms. The van der Waals surface area contributed by atoms with E-state index in [-0.39, 0.29) is 29.9 Å². The van der Waals surface area contributed by atoms with Gasteiger partial charge in [-0.25, -0.2) is 8.42 Å². The summed E-state index contributed by atoms with van der Waals surface area (Å²) in [5.74, 6) is -1.07. The van der Waals surface area contributed by atoms with Gasteiger partial charge in [0, 0.05) is 19.1 Å². The highest BCUT2D eigenvalue weighted by Gasteiger charge is 2.34. The van der Waals surface area contributed by atoms with E-state index >= 15 is 0 Å². The lowest BCUT2D eigenvalue weighted by Gasteiger charge is -2.31. The molecule has 1 N–H and O–H groups in total. The quantitative estimate of drug-likeness (QED) is 0.673. The summed E-state index contributed by atoms with van der Waals surface area (Å²) in [5, 5.41) is 2.98. The highest BCUT2D eigenvalue weighted by atomic mass is 32.2. The van der Waals surface area contributed by atoms with E-state index in [9.17, 15) is 18.0 Å². The van der Waals surface area contributed by atoms with Crippen molar-refractivity contribution in [1.29, 1.82) is 0 Å². The molecule has 1 saturated heterocycles. The van der Waals surface area contributed by atoms with Crippen LogP contribution in [-0.2, 0) is 24.3 Å². The second kappa shape index (κ2) is 10.1. The van der Waals surface area contributed by atoms with E-state index < -0.39 is 28.0 Å². The highest BCUT2D eigenvalue weighted by Crippen LogP contribution is 2.26. The second-order valence-electron chi connectivity index (χ2n) is 8.85. The van der Waals surface area contributed by atoms with Crippen LogP contribution in [0.2, 0.25) is 0 Å². The fourth-order valence-electron chi connectivity index (χ4n) is 4.24. The molecule has 1 atom stereocenters. The molecular formula is C23H34N2O5S. The van der Waals surface area contributed by atoms with E-state index in [1.165, 1.54) is 10.7 Å². The Balaban J connectivity index is 1.50. The maximum Gasteiger partial charge on any atom is 0.309 e. The topological polar surface area (TPSA) is 92.8 Å². The van der Waals surface area contributed by atoms with Crippen molar-refractivity contribution in [3.63, 3.8) is 0 Å². The zero-order chi connectivity index (χ0) is 22.6. The molecule has 31 heavy (non-hydrogen) atoms. The third kappa shape index (κ3) is 5.86. The Morgan fingerprint density at radius 1 is 1.03 bits per heavy atom. The number of rotatable bonds is 6. The van der Waals surface area contributed by atoms with E-state index in [1.54, 1.807) is 19.1 Å². The van der Waals surface area contributed by atoms with E-state index in [0.717, 1.165) is 36.8 Å². The van der Waals surface area contributed by atoms with Crippen LogP contribution in [0.4, 0.5) is 0 Å². The summed E-state index contributed by atoms with van der Waals surface area (Å²) in [6.45, 7) is 5.95. The first-order chi connectivity index (χ1) is 14.7. The van der Waals surface area contributed by atoms with E-state index in [2.05, 4.69) is 5.32 Å². The predicted molar refractivity (Wildman–Crippen MR) is 118 cm³/mol. The molecule has 1 heterocycles. The minimum Gasteiger partial charge on any atom is -0.452 e. The monoisotopic (exact) mass is 450 g/mol. The third-order valence-electron chi connectivity index (χ3n) is 6.52. The van der Waals surface area contributed by atoms with Gasteiger partial charge in [-0.2, -0.15) is 4.31 Å². The van der Waals surface area contributed by atoms with Gasteiger partial charge in [0.1, 0.15) is 0 Å². The lowest BCUT2D eigenvalue weighted by molar-refractivity contribution is -0.160. The molecule has 2 fully saturated rings. The van der Waals surface area contributed by atoms with Crippen molar-refractivity contribution >= 4 is 21.9 Å². The zero-order valence-corrected chi connectivity index (χ0v) is 19.5. The number of ether oxygens (including phenoxy) is 1. The molecule has 1 saturated carbocycles. The molecule has 172 valence electrons. The molecule has 1 aliphatic carbocycles. The molecule has 0 radical (unpaired) electrons. The minimum absolute atomic E-state index is 0.168. The van der Waals surface area contributed by atoms with Crippen LogP contribution in [0.5, 0.6) is 0 Å².